The predicted molar refractivity (Wildman–Crippen MR) is 79.2 cm³/mol. The van der Waals surface area contributed by atoms with Gasteiger partial charge >= 0.3 is 0 Å². The van der Waals surface area contributed by atoms with Crippen molar-refractivity contribution in [3.8, 4) is 5.75 Å². The first kappa shape index (κ1) is 13.7. The maximum Gasteiger partial charge on any atom is 0.131 e. The smallest absolute Gasteiger partial charge is 0.131 e. The van der Waals surface area contributed by atoms with Gasteiger partial charge in [-0.3, -0.25) is 0 Å². The van der Waals surface area contributed by atoms with Gasteiger partial charge in [-0.25, -0.2) is 4.98 Å². The molecule has 0 aliphatic rings. The lowest BCUT2D eigenvalue weighted by atomic mass is 10.2. The van der Waals surface area contributed by atoms with Crippen LogP contribution >= 0.6 is 11.6 Å². The fraction of sp³-hybridized carbons (Fsp3) is 0.267. The number of aryl methyl sites for hydroxylation is 1. The molecule has 1 aromatic carbocycles. The molecule has 2 aromatic rings. The van der Waals surface area contributed by atoms with Crippen LogP contribution in [0.3, 0.4) is 0 Å². The number of nitrogens with zero attached hydrogens (tertiary/aromatic N) is 2. The Balaban J connectivity index is 1.84. The van der Waals surface area contributed by atoms with Crippen LogP contribution in [0.4, 0.5) is 5.69 Å². The summed E-state index contributed by atoms with van der Waals surface area (Å²) in [5.74, 6) is 0.895. The van der Waals surface area contributed by atoms with Gasteiger partial charge in [-0.15, -0.1) is 0 Å². The van der Waals surface area contributed by atoms with Crippen molar-refractivity contribution >= 4 is 17.3 Å². The molecule has 0 bridgehead atoms. The molecule has 0 saturated heterocycles. The molecule has 0 unspecified atom stereocenters. The summed E-state index contributed by atoms with van der Waals surface area (Å²) in [6.07, 6.45) is 1.70. The van der Waals surface area contributed by atoms with Gasteiger partial charge in [-0.05, 0) is 31.2 Å². The fourth-order valence-electron chi connectivity index (χ4n) is 1.69. The molecule has 0 spiro atoms. The van der Waals surface area contributed by atoms with Crippen LogP contribution in [-0.4, -0.2) is 25.2 Å². The van der Waals surface area contributed by atoms with Gasteiger partial charge in [0.25, 0.3) is 0 Å². The lowest BCUT2D eigenvalue weighted by molar-refractivity contribution is 0.326. The summed E-state index contributed by atoms with van der Waals surface area (Å²) in [4.78, 5) is 6.05. The van der Waals surface area contributed by atoms with Crippen molar-refractivity contribution in [3.63, 3.8) is 0 Å². The van der Waals surface area contributed by atoms with E-state index in [0.29, 0.717) is 11.8 Å². The third-order valence-corrected chi connectivity index (χ3v) is 3.07. The second-order valence-electron chi connectivity index (χ2n) is 4.42. The zero-order valence-corrected chi connectivity index (χ0v) is 11.9. The number of halogens is 1. The van der Waals surface area contributed by atoms with E-state index in [1.165, 1.54) is 5.56 Å². The van der Waals surface area contributed by atoms with E-state index in [0.717, 1.165) is 18.0 Å². The summed E-state index contributed by atoms with van der Waals surface area (Å²) in [5.41, 5.74) is 2.27. The highest BCUT2D eigenvalue weighted by atomic mass is 35.5. The van der Waals surface area contributed by atoms with Crippen LogP contribution < -0.4 is 9.64 Å². The zero-order chi connectivity index (χ0) is 13.7. The normalized spacial score (nSPS) is 10.3. The van der Waals surface area contributed by atoms with Gasteiger partial charge in [0.15, 0.2) is 0 Å². The first-order chi connectivity index (χ1) is 9.15. The van der Waals surface area contributed by atoms with E-state index in [1.54, 1.807) is 6.20 Å². The Kier molecular flexibility index (Phi) is 4.63. The minimum atomic E-state index is 0.504. The molecule has 2 rings (SSSR count). The van der Waals surface area contributed by atoms with Crippen molar-refractivity contribution < 1.29 is 4.74 Å². The van der Waals surface area contributed by atoms with Crippen molar-refractivity contribution in [2.75, 3.05) is 25.1 Å². The van der Waals surface area contributed by atoms with Crippen molar-refractivity contribution in [1.82, 2.24) is 4.98 Å². The number of ether oxygens (including phenoxy) is 1. The van der Waals surface area contributed by atoms with Crippen molar-refractivity contribution in [2.24, 2.45) is 0 Å². The van der Waals surface area contributed by atoms with E-state index < -0.39 is 0 Å². The lowest BCUT2D eigenvalue weighted by Crippen LogP contribution is -2.23. The predicted octanol–water partition coefficient (Wildman–Crippen LogP) is 3.56. The topological polar surface area (TPSA) is 25.4 Å². The molecule has 0 aliphatic carbocycles. The Morgan fingerprint density at radius 3 is 2.63 bits per heavy atom. The maximum atomic E-state index is 5.86. The zero-order valence-electron chi connectivity index (χ0n) is 11.1. The second-order valence-corrected chi connectivity index (χ2v) is 4.81. The molecular weight excluding hydrogens is 260 g/mol. The van der Waals surface area contributed by atoms with Crippen LogP contribution in [0.2, 0.25) is 5.15 Å². The van der Waals surface area contributed by atoms with Crippen LogP contribution in [0, 0.1) is 6.92 Å². The molecule has 0 radical (unpaired) electrons. The molecule has 0 N–H and O–H groups in total. The van der Waals surface area contributed by atoms with Crippen LogP contribution in [0.25, 0.3) is 0 Å². The van der Waals surface area contributed by atoms with Crippen LogP contribution in [0.1, 0.15) is 5.56 Å². The number of likely N-dealkylation sites (N-methyl/N-ethyl adjacent to an activating group) is 1. The highest BCUT2D eigenvalue weighted by molar-refractivity contribution is 6.29. The van der Waals surface area contributed by atoms with Crippen molar-refractivity contribution in [2.45, 2.75) is 6.92 Å². The molecule has 0 aliphatic heterocycles. The van der Waals surface area contributed by atoms with Crippen LogP contribution in [0.5, 0.6) is 5.75 Å². The molecule has 0 amide bonds. The minimum Gasteiger partial charge on any atom is -0.492 e. The summed E-state index contributed by atoms with van der Waals surface area (Å²) >= 11 is 5.86. The van der Waals surface area contributed by atoms with Gasteiger partial charge in [-0.2, -0.15) is 0 Å². The molecular formula is C15H17ClN2O. The van der Waals surface area contributed by atoms with E-state index in [-0.39, 0.29) is 0 Å². The number of pyridine rings is 1. The van der Waals surface area contributed by atoms with Crippen molar-refractivity contribution in [3.05, 3.63) is 53.3 Å². The highest BCUT2D eigenvalue weighted by Crippen LogP contribution is 2.16. The van der Waals surface area contributed by atoms with Crippen molar-refractivity contribution in [1.29, 1.82) is 0 Å². The number of hydrogen-bond donors (Lipinski definition) is 0. The van der Waals surface area contributed by atoms with E-state index in [9.17, 15) is 0 Å². The van der Waals surface area contributed by atoms with Gasteiger partial charge in [0.1, 0.15) is 17.5 Å². The standard InChI is InChI=1S/C15H17ClN2O/c1-12-3-5-14(6-4-12)19-10-9-18(2)13-7-8-17-15(16)11-13/h3-8,11H,9-10H2,1-2H3. The monoisotopic (exact) mass is 276 g/mol. The molecule has 1 aromatic heterocycles. The van der Waals surface area contributed by atoms with E-state index >= 15 is 0 Å². The molecule has 4 heteroatoms. The Bertz CT molecular complexity index is 528. The first-order valence-electron chi connectivity index (χ1n) is 6.17. The van der Waals surface area contributed by atoms with E-state index in [1.807, 2.05) is 43.4 Å². The molecule has 0 atom stereocenters. The lowest BCUT2D eigenvalue weighted by Gasteiger charge is -2.19. The average Bonchev–Trinajstić information content (AvgIpc) is 2.41. The van der Waals surface area contributed by atoms with Gasteiger partial charge in [0.2, 0.25) is 0 Å². The van der Waals surface area contributed by atoms with Crippen LogP contribution in [0.15, 0.2) is 42.6 Å². The fourth-order valence-corrected chi connectivity index (χ4v) is 1.86. The third kappa shape index (κ3) is 4.14. The number of rotatable bonds is 5. The van der Waals surface area contributed by atoms with Gasteiger partial charge in [0, 0.05) is 18.9 Å². The quantitative estimate of drug-likeness (QED) is 0.781. The summed E-state index contributed by atoms with van der Waals surface area (Å²) in [5, 5.41) is 0.504. The minimum absolute atomic E-state index is 0.504. The maximum absolute atomic E-state index is 5.86. The number of aromatic nitrogens is 1. The van der Waals surface area contributed by atoms with Gasteiger partial charge in [-0.1, -0.05) is 29.3 Å². The second kappa shape index (κ2) is 6.43. The SMILES string of the molecule is Cc1ccc(OCCN(C)c2ccnc(Cl)c2)cc1. The van der Waals surface area contributed by atoms with Gasteiger partial charge in [0.05, 0.1) is 6.54 Å². The summed E-state index contributed by atoms with van der Waals surface area (Å²) < 4.78 is 5.69. The number of hydrogen-bond acceptors (Lipinski definition) is 3. The van der Waals surface area contributed by atoms with Crippen LogP contribution in [-0.2, 0) is 0 Å². The first-order valence-corrected chi connectivity index (χ1v) is 6.55. The third-order valence-electron chi connectivity index (χ3n) is 2.87. The Morgan fingerprint density at radius 1 is 1.21 bits per heavy atom. The molecule has 0 fully saturated rings. The average molecular weight is 277 g/mol. The van der Waals surface area contributed by atoms with E-state index in [4.69, 9.17) is 16.3 Å². The molecule has 0 saturated carbocycles. The number of anilines is 1. The van der Waals surface area contributed by atoms with E-state index in [2.05, 4.69) is 16.8 Å². The Morgan fingerprint density at radius 2 is 1.95 bits per heavy atom. The summed E-state index contributed by atoms with van der Waals surface area (Å²) in [7, 11) is 2.00. The summed E-state index contributed by atoms with van der Waals surface area (Å²) in [6.45, 7) is 3.47. The number of benzene rings is 1. The molecule has 19 heavy (non-hydrogen) atoms. The Labute approximate surface area is 118 Å². The summed E-state index contributed by atoms with van der Waals surface area (Å²) in [6, 6.07) is 11.8. The highest BCUT2D eigenvalue weighted by Gasteiger charge is 2.02. The molecule has 100 valence electrons. The van der Waals surface area contributed by atoms with Gasteiger partial charge < -0.3 is 9.64 Å². The molecule has 3 nitrogen and oxygen atoms in total. The largest absolute Gasteiger partial charge is 0.492 e. The molecule has 1 heterocycles. The Hall–Kier alpha value is -1.74.